The normalized spacial score (nSPS) is 14.8. The molecule has 4 heteroatoms. The van der Waals surface area contributed by atoms with E-state index in [-0.39, 0.29) is 6.10 Å². The minimum atomic E-state index is 0.230. The molecule has 0 aliphatic heterocycles. The first-order chi connectivity index (χ1) is 9.10. The second-order valence-electron chi connectivity index (χ2n) is 5.38. The molecule has 0 radical (unpaired) electrons. The van der Waals surface area contributed by atoms with E-state index >= 15 is 0 Å². The van der Waals surface area contributed by atoms with Crippen molar-refractivity contribution in [3.05, 3.63) is 18.2 Å². The Kier molecular flexibility index (Phi) is 7.10. The van der Waals surface area contributed by atoms with Gasteiger partial charge in [-0.05, 0) is 25.8 Å². The molecule has 1 heterocycles. The Bertz CT molecular complexity index is 349. The molecular formula is C15H29N3O. The highest BCUT2D eigenvalue weighted by Gasteiger charge is 2.25. The molecule has 0 amide bonds. The van der Waals surface area contributed by atoms with Gasteiger partial charge in [-0.1, -0.05) is 20.8 Å². The number of ether oxygens (including phenoxy) is 1. The minimum Gasteiger partial charge on any atom is -0.377 e. The molecule has 2 unspecified atom stereocenters. The summed E-state index contributed by atoms with van der Waals surface area (Å²) in [5.41, 5.74) is 0. The molecular weight excluding hydrogens is 238 g/mol. The van der Waals surface area contributed by atoms with E-state index < -0.39 is 0 Å². The number of hydrogen-bond donors (Lipinski definition) is 1. The highest BCUT2D eigenvalue weighted by molar-refractivity contribution is 4.97. The second kappa shape index (κ2) is 8.33. The number of rotatable bonds is 9. The van der Waals surface area contributed by atoms with E-state index in [4.69, 9.17) is 4.74 Å². The highest BCUT2D eigenvalue weighted by Crippen LogP contribution is 2.15. The molecule has 19 heavy (non-hydrogen) atoms. The van der Waals surface area contributed by atoms with Crippen molar-refractivity contribution in [3.8, 4) is 0 Å². The molecule has 1 aromatic heterocycles. The van der Waals surface area contributed by atoms with Gasteiger partial charge < -0.3 is 14.6 Å². The van der Waals surface area contributed by atoms with E-state index in [1.54, 1.807) is 0 Å². The summed E-state index contributed by atoms with van der Waals surface area (Å²) in [6, 6.07) is 0.320. The summed E-state index contributed by atoms with van der Waals surface area (Å²) in [7, 11) is 2.05. The third-order valence-electron chi connectivity index (χ3n) is 3.39. The van der Waals surface area contributed by atoms with Crippen LogP contribution in [0.5, 0.6) is 0 Å². The van der Waals surface area contributed by atoms with Crippen molar-refractivity contribution in [2.75, 3.05) is 13.2 Å². The molecule has 0 aromatic carbocycles. The Labute approximate surface area is 117 Å². The van der Waals surface area contributed by atoms with E-state index in [0.29, 0.717) is 12.0 Å². The zero-order chi connectivity index (χ0) is 14.3. The van der Waals surface area contributed by atoms with Crippen LogP contribution < -0.4 is 5.32 Å². The zero-order valence-electron chi connectivity index (χ0n) is 13.0. The molecule has 0 spiro atoms. The van der Waals surface area contributed by atoms with Crippen LogP contribution >= 0.6 is 0 Å². The van der Waals surface area contributed by atoms with Crippen molar-refractivity contribution in [1.29, 1.82) is 0 Å². The van der Waals surface area contributed by atoms with Crippen molar-refractivity contribution < 1.29 is 4.74 Å². The van der Waals surface area contributed by atoms with Gasteiger partial charge in [0.15, 0.2) is 0 Å². The first-order valence-electron chi connectivity index (χ1n) is 7.41. The smallest absolute Gasteiger partial charge is 0.110 e. The van der Waals surface area contributed by atoms with Gasteiger partial charge >= 0.3 is 0 Å². The largest absolute Gasteiger partial charge is 0.377 e. The molecule has 0 aliphatic carbocycles. The molecule has 1 rings (SSSR count). The van der Waals surface area contributed by atoms with E-state index in [9.17, 15) is 0 Å². The van der Waals surface area contributed by atoms with Crippen LogP contribution in [0.15, 0.2) is 12.4 Å². The zero-order valence-corrected chi connectivity index (χ0v) is 13.0. The van der Waals surface area contributed by atoms with Crippen LogP contribution in [0.2, 0.25) is 0 Å². The molecule has 1 N–H and O–H groups in total. The Balaban J connectivity index is 2.76. The van der Waals surface area contributed by atoms with E-state index in [1.165, 1.54) is 0 Å². The maximum absolute atomic E-state index is 5.95. The molecule has 4 nitrogen and oxygen atoms in total. The summed E-state index contributed by atoms with van der Waals surface area (Å²) < 4.78 is 8.04. The number of aryl methyl sites for hydroxylation is 1. The lowest BCUT2D eigenvalue weighted by Gasteiger charge is -2.30. The molecule has 0 saturated carbocycles. The van der Waals surface area contributed by atoms with Gasteiger partial charge in [0, 0.05) is 38.5 Å². The van der Waals surface area contributed by atoms with Crippen molar-refractivity contribution in [1.82, 2.24) is 14.9 Å². The lowest BCUT2D eigenvalue weighted by molar-refractivity contribution is 0.00305. The van der Waals surface area contributed by atoms with Crippen LogP contribution in [0.3, 0.4) is 0 Å². The van der Waals surface area contributed by atoms with Crippen molar-refractivity contribution in [2.24, 2.45) is 13.0 Å². The van der Waals surface area contributed by atoms with Gasteiger partial charge in [0.25, 0.3) is 0 Å². The van der Waals surface area contributed by atoms with Crippen LogP contribution in [0, 0.1) is 5.92 Å². The average molecular weight is 267 g/mol. The molecule has 0 saturated heterocycles. The molecule has 0 fully saturated rings. The van der Waals surface area contributed by atoms with Crippen LogP contribution in [0.4, 0.5) is 0 Å². The summed E-state index contributed by atoms with van der Waals surface area (Å²) >= 11 is 0. The van der Waals surface area contributed by atoms with Gasteiger partial charge in [-0.15, -0.1) is 0 Å². The Hall–Kier alpha value is -0.870. The SMILES string of the molecule is CCCNC(Cc1nccn1C)C(OCC)C(C)C. The average Bonchev–Trinajstić information content (AvgIpc) is 2.77. The summed E-state index contributed by atoms with van der Waals surface area (Å²) in [4.78, 5) is 4.43. The quantitative estimate of drug-likeness (QED) is 0.746. The molecule has 0 aliphatic rings. The van der Waals surface area contributed by atoms with Crippen LogP contribution in [0.1, 0.15) is 39.9 Å². The Morgan fingerprint density at radius 1 is 1.37 bits per heavy atom. The monoisotopic (exact) mass is 267 g/mol. The van der Waals surface area contributed by atoms with Gasteiger partial charge in [0.1, 0.15) is 5.82 Å². The number of hydrogen-bond acceptors (Lipinski definition) is 3. The Morgan fingerprint density at radius 3 is 2.58 bits per heavy atom. The predicted octanol–water partition coefficient (Wildman–Crippen LogP) is 2.39. The summed E-state index contributed by atoms with van der Waals surface area (Å²) in [6.45, 7) is 10.5. The van der Waals surface area contributed by atoms with Gasteiger partial charge in [-0.2, -0.15) is 0 Å². The lowest BCUT2D eigenvalue weighted by atomic mass is 9.96. The van der Waals surface area contributed by atoms with Crippen molar-refractivity contribution in [3.63, 3.8) is 0 Å². The van der Waals surface area contributed by atoms with Crippen LogP contribution in [-0.4, -0.2) is 34.8 Å². The first-order valence-corrected chi connectivity index (χ1v) is 7.41. The van der Waals surface area contributed by atoms with E-state index in [0.717, 1.165) is 31.8 Å². The van der Waals surface area contributed by atoms with Gasteiger partial charge in [0.2, 0.25) is 0 Å². The summed E-state index contributed by atoms with van der Waals surface area (Å²) in [6.07, 6.45) is 6.13. The minimum absolute atomic E-state index is 0.230. The van der Waals surface area contributed by atoms with Crippen molar-refractivity contribution in [2.45, 2.75) is 52.7 Å². The maximum Gasteiger partial charge on any atom is 0.110 e. The van der Waals surface area contributed by atoms with E-state index in [1.807, 2.05) is 19.4 Å². The lowest BCUT2D eigenvalue weighted by Crippen LogP contribution is -2.46. The number of nitrogens with zero attached hydrogens (tertiary/aromatic N) is 2. The topological polar surface area (TPSA) is 39.1 Å². The fourth-order valence-corrected chi connectivity index (χ4v) is 2.39. The Morgan fingerprint density at radius 2 is 2.11 bits per heavy atom. The van der Waals surface area contributed by atoms with Gasteiger partial charge in [-0.25, -0.2) is 4.98 Å². The highest BCUT2D eigenvalue weighted by atomic mass is 16.5. The molecule has 110 valence electrons. The fourth-order valence-electron chi connectivity index (χ4n) is 2.39. The molecule has 0 bridgehead atoms. The van der Waals surface area contributed by atoms with Gasteiger partial charge in [0.05, 0.1) is 6.10 Å². The summed E-state index contributed by atoms with van der Waals surface area (Å²) in [5.74, 6) is 1.61. The molecule has 1 aromatic rings. The first kappa shape index (κ1) is 16.2. The predicted molar refractivity (Wildman–Crippen MR) is 79.2 cm³/mol. The van der Waals surface area contributed by atoms with E-state index in [2.05, 4.69) is 42.6 Å². The number of imidazole rings is 1. The second-order valence-corrected chi connectivity index (χ2v) is 5.38. The summed E-state index contributed by atoms with van der Waals surface area (Å²) in [5, 5.41) is 3.62. The molecule has 2 atom stereocenters. The fraction of sp³-hybridized carbons (Fsp3) is 0.800. The van der Waals surface area contributed by atoms with Crippen molar-refractivity contribution >= 4 is 0 Å². The third kappa shape index (κ3) is 4.96. The standard InChI is InChI=1S/C15H29N3O/c1-6-8-16-13(15(12(3)4)19-7-2)11-14-17-9-10-18(14)5/h9-10,12-13,15-16H,6-8,11H2,1-5H3. The maximum atomic E-state index is 5.95. The van der Waals surface area contributed by atoms with Crippen LogP contribution in [0.25, 0.3) is 0 Å². The van der Waals surface area contributed by atoms with Crippen LogP contribution in [-0.2, 0) is 18.2 Å². The third-order valence-corrected chi connectivity index (χ3v) is 3.39. The number of aromatic nitrogens is 2. The van der Waals surface area contributed by atoms with Gasteiger partial charge in [-0.3, -0.25) is 0 Å². The number of nitrogens with one attached hydrogen (secondary N) is 1.